The van der Waals surface area contributed by atoms with Crippen LogP contribution in [0.15, 0.2) is 91.0 Å². The van der Waals surface area contributed by atoms with Crippen molar-refractivity contribution in [2.45, 2.75) is 37.5 Å². The zero-order chi connectivity index (χ0) is 21.0. The maximum Gasteiger partial charge on any atom is 0.318 e. The van der Waals surface area contributed by atoms with Gasteiger partial charge in [-0.3, -0.25) is 0 Å². The number of nitrogens with zero attached hydrogens (tertiary/aromatic N) is 1. The molecule has 4 rings (SSSR count). The molecule has 0 aliphatic carbocycles. The summed E-state index contributed by atoms with van der Waals surface area (Å²) in [6.07, 6.45) is 1.60. The maximum atomic E-state index is 13.3. The third-order valence-electron chi connectivity index (χ3n) is 6.06. The highest BCUT2D eigenvalue weighted by molar-refractivity contribution is 5.76. The third-order valence-corrected chi connectivity index (χ3v) is 6.06. The SMILES string of the molecule is CC(NC(=O)N1CCCC1C(O)(c1ccccc1)c1ccccc1)c1ccccc1. The third kappa shape index (κ3) is 3.83. The monoisotopic (exact) mass is 400 g/mol. The first-order chi connectivity index (χ1) is 14.6. The highest BCUT2D eigenvalue weighted by Crippen LogP contribution is 2.40. The summed E-state index contributed by atoms with van der Waals surface area (Å²) >= 11 is 0. The smallest absolute Gasteiger partial charge is 0.318 e. The minimum atomic E-state index is -1.27. The molecule has 0 radical (unpaired) electrons. The van der Waals surface area contributed by atoms with Crippen molar-refractivity contribution in [3.63, 3.8) is 0 Å². The van der Waals surface area contributed by atoms with Gasteiger partial charge >= 0.3 is 6.03 Å². The van der Waals surface area contributed by atoms with Gasteiger partial charge in [0.15, 0.2) is 0 Å². The molecule has 2 unspecified atom stereocenters. The summed E-state index contributed by atoms with van der Waals surface area (Å²) in [7, 11) is 0. The van der Waals surface area contributed by atoms with Gasteiger partial charge in [-0.1, -0.05) is 91.0 Å². The van der Waals surface area contributed by atoms with E-state index in [0.717, 1.165) is 29.5 Å². The van der Waals surface area contributed by atoms with Crippen LogP contribution >= 0.6 is 0 Å². The molecule has 154 valence electrons. The van der Waals surface area contributed by atoms with Gasteiger partial charge < -0.3 is 15.3 Å². The first-order valence-corrected chi connectivity index (χ1v) is 10.6. The van der Waals surface area contributed by atoms with Gasteiger partial charge in [-0.15, -0.1) is 0 Å². The Morgan fingerprint density at radius 1 is 0.933 bits per heavy atom. The number of carbonyl (C=O) groups excluding carboxylic acids is 1. The topological polar surface area (TPSA) is 52.6 Å². The van der Waals surface area contributed by atoms with Crippen LogP contribution in [0.5, 0.6) is 0 Å². The summed E-state index contributed by atoms with van der Waals surface area (Å²) in [5, 5.41) is 15.2. The molecule has 1 aliphatic heterocycles. The van der Waals surface area contributed by atoms with Crippen LogP contribution in [0.2, 0.25) is 0 Å². The summed E-state index contributed by atoms with van der Waals surface area (Å²) in [5.74, 6) is 0. The summed E-state index contributed by atoms with van der Waals surface area (Å²) in [4.78, 5) is 15.1. The highest BCUT2D eigenvalue weighted by Gasteiger charge is 2.47. The van der Waals surface area contributed by atoms with Crippen LogP contribution in [-0.4, -0.2) is 28.6 Å². The number of likely N-dealkylation sites (tertiary alicyclic amines) is 1. The normalized spacial score (nSPS) is 17.5. The molecule has 2 amide bonds. The van der Waals surface area contributed by atoms with Gasteiger partial charge in [0.1, 0.15) is 5.60 Å². The molecule has 4 heteroatoms. The van der Waals surface area contributed by atoms with E-state index < -0.39 is 5.60 Å². The number of hydrogen-bond acceptors (Lipinski definition) is 2. The summed E-state index contributed by atoms with van der Waals surface area (Å²) in [6, 6.07) is 28.7. The molecule has 1 fully saturated rings. The molecule has 3 aromatic rings. The largest absolute Gasteiger partial charge is 0.378 e. The fourth-order valence-corrected chi connectivity index (χ4v) is 4.47. The van der Waals surface area contributed by atoms with Crippen LogP contribution < -0.4 is 5.32 Å². The number of aliphatic hydroxyl groups is 1. The molecule has 0 aromatic heterocycles. The predicted molar refractivity (Wildman–Crippen MR) is 119 cm³/mol. The minimum Gasteiger partial charge on any atom is -0.378 e. The van der Waals surface area contributed by atoms with Crippen molar-refractivity contribution in [2.24, 2.45) is 0 Å². The molecular formula is C26H28N2O2. The van der Waals surface area contributed by atoms with E-state index in [1.54, 1.807) is 4.90 Å². The van der Waals surface area contributed by atoms with Crippen LogP contribution in [0.3, 0.4) is 0 Å². The van der Waals surface area contributed by atoms with Crippen molar-refractivity contribution in [2.75, 3.05) is 6.54 Å². The first-order valence-electron chi connectivity index (χ1n) is 10.6. The van der Waals surface area contributed by atoms with E-state index in [0.29, 0.717) is 6.54 Å². The Bertz CT molecular complexity index is 921. The lowest BCUT2D eigenvalue weighted by atomic mass is 9.79. The van der Waals surface area contributed by atoms with E-state index in [1.165, 1.54) is 0 Å². The summed E-state index contributed by atoms with van der Waals surface area (Å²) in [6.45, 7) is 2.61. The van der Waals surface area contributed by atoms with Gasteiger partial charge in [0.2, 0.25) is 0 Å². The fraction of sp³-hybridized carbons (Fsp3) is 0.269. The predicted octanol–water partition coefficient (Wildman–Crippen LogP) is 4.86. The zero-order valence-electron chi connectivity index (χ0n) is 17.2. The lowest BCUT2D eigenvalue weighted by molar-refractivity contribution is 0.00834. The number of amides is 2. The van der Waals surface area contributed by atoms with Gasteiger partial charge in [-0.05, 0) is 36.5 Å². The Hall–Kier alpha value is -3.11. The van der Waals surface area contributed by atoms with Crippen molar-refractivity contribution in [1.29, 1.82) is 0 Å². The molecule has 0 saturated carbocycles. The van der Waals surface area contributed by atoms with Gasteiger partial charge in [0.25, 0.3) is 0 Å². The fourth-order valence-electron chi connectivity index (χ4n) is 4.47. The van der Waals surface area contributed by atoms with E-state index in [-0.39, 0.29) is 18.1 Å². The highest BCUT2D eigenvalue weighted by atomic mass is 16.3. The van der Waals surface area contributed by atoms with Crippen molar-refractivity contribution in [3.8, 4) is 0 Å². The molecule has 2 N–H and O–H groups in total. The zero-order valence-corrected chi connectivity index (χ0v) is 17.2. The average molecular weight is 401 g/mol. The Morgan fingerprint density at radius 3 is 1.97 bits per heavy atom. The second kappa shape index (κ2) is 8.72. The summed E-state index contributed by atoms with van der Waals surface area (Å²) in [5.41, 5.74) is 1.39. The van der Waals surface area contributed by atoms with Gasteiger partial charge in [-0.25, -0.2) is 4.79 Å². The van der Waals surface area contributed by atoms with Crippen LogP contribution in [0.25, 0.3) is 0 Å². The molecule has 2 atom stereocenters. The van der Waals surface area contributed by atoms with Crippen molar-refractivity contribution in [3.05, 3.63) is 108 Å². The minimum absolute atomic E-state index is 0.110. The number of benzene rings is 3. The van der Waals surface area contributed by atoms with E-state index >= 15 is 0 Å². The van der Waals surface area contributed by atoms with Gasteiger partial charge in [0.05, 0.1) is 12.1 Å². The molecule has 30 heavy (non-hydrogen) atoms. The van der Waals surface area contributed by atoms with E-state index in [2.05, 4.69) is 5.32 Å². The van der Waals surface area contributed by atoms with Gasteiger partial charge in [0, 0.05) is 6.54 Å². The first kappa shape index (κ1) is 20.2. The lowest BCUT2D eigenvalue weighted by Gasteiger charge is -2.40. The molecule has 1 aliphatic rings. The van der Waals surface area contributed by atoms with Crippen molar-refractivity contribution in [1.82, 2.24) is 10.2 Å². The van der Waals surface area contributed by atoms with E-state index in [1.807, 2.05) is 97.9 Å². The Balaban J connectivity index is 1.65. The maximum absolute atomic E-state index is 13.3. The molecular weight excluding hydrogens is 372 g/mol. The number of carbonyl (C=O) groups is 1. The van der Waals surface area contributed by atoms with Crippen molar-refractivity contribution < 1.29 is 9.90 Å². The molecule has 1 heterocycles. The molecule has 4 nitrogen and oxygen atoms in total. The Labute approximate surface area is 178 Å². The van der Waals surface area contributed by atoms with Crippen LogP contribution in [0, 0.1) is 0 Å². The lowest BCUT2D eigenvalue weighted by Crippen LogP contribution is -2.53. The number of hydrogen-bond donors (Lipinski definition) is 2. The number of nitrogens with one attached hydrogen (secondary N) is 1. The molecule has 1 saturated heterocycles. The van der Waals surface area contributed by atoms with E-state index in [4.69, 9.17) is 0 Å². The Kier molecular flexibility index (Phi) is 5.86. The second-order valence-electron chi connectivity index (χ2n) is 7.93. The van der Waals surface area contributed by atoms with Crippen LogP contribution in [0.1, 0.15) is 42.5 Å². The number of rotatable bonds is 5. The summed E-state index contributed by atoms with van der Waals surface area (Å²) < 4.78 is 0. The van der Waals surface area contributed by atoms with Crippen LogP contribution in [0.4, 0.5) is 4.79 Å². The molecule has 0 bridgehead atoms. The number of urea groups is 1. The molecule has 0 spiro atoms. The van der Waals surface area contributed by atoms with Gasteiger partial charge in [-0.2, -0.15) is 0 Å². The van der Waals surface area contributed by atoms with Crippen LogP contribution in [-0.2, 0) is 5.60 Å². The second-order valence-corrected chi connectivity index (χ2v) is 7.93. The standard InChI is InChI=1S/C26H28N2O2/c1-20(21-12-5-2-6-13-21)27-25(29)28-19-11-18-24(28)26(30,22-14-7-3-8-15-22)23-16-9-4-10-17-23/h2-10,12-17,20,24,30H,11,18-19H2,1H3,(H,27,29). The Morgan fingerprint density at radius 2 is 1.43 bits per heavy atom. The average Bonchev–Trinajstić information content (AvgIpc) is 3.31. The quantitative estimate of drug-likeness (QED) is 0.643. The molecule has 3 aromatic carbocycles. The van der Waals surface area contributed by atoms with E-state index in [9.17, 15) is 9.90 Å². The van der Waals surface area contributed by atoms with Crippen molar-refractivity contribution >= 4 is 6.03 Å².